The highest BCUT2D eigenvalue weighted by molar-refractivity contribution is 5.94. The molecule has 0 spiro atoms. The van der Waals surface area contributed by atoms with Crippen LogP contribution in [-0.4, -0.2) is 34.8 Å². The molecule has 5 heteroatoms. The molecule has 2 heterocycles. The van der Waals surface area contributed by atoms with Crippen molar-refractivity contribution in [3.8, 4) is 0 Å². The fraction of sp³-hybridized carbons (Fsp3) is 0.455. The molecule has 1 aliphatic heterocycles. The smallest absolute Gasteiger partial charge is 0.270 e. The summed E-state index contributed by atoms with van der Waals surface area (Å²) >= 11 is 0. The number of aromatic nitrogens is 1. The molecular formula is C22H29N3O2. The molecule has 2 amide bonds. The number of amides is 2. The minimum absolute atomic E-state index is 0.0721. The van der Waals surface area contributed by atoms with Gasteiger partial charge < -0.3 is 15.2 Å². The number of carbonyl (C=O) groups excluding carboxylic acids is 2. The molecule has 0 unspecified atom stereocenters. The van der Waals surface area contributed by atoms with E-state index in [0.29, 0.717) is 37.7 Å². The molecule has 5 nitrogen and oxygen atoms in total. The quantitative estimate of drug-likeness (QED) is 0.849. The molecule has 1 saturated heterocycles. The van der Waals surface area contributed by atoms with Gasteiger partial charge in [0.25, 0.3) is 5.91 Å². The number of nitrogens with one attached hydrogen (secondary N) is 2. The molecule has 0 radical (unpaired) electrons. The number of aromatic amines is 1. The Labute approximate surface area is 161 Å². The summed E-state index contributed by atoms with van der Waals surface area (Å²) in [5.74, 6) is 0.512. The fourth-order valence-electron chi connectivity index (χ4n) is 3.69. The number of H-pyrrole nitrogens is 1. The van der Waals surface area contributed by atoms with Crippen molar-refractivity contribution in [3.63, 3.8) is 0 Å². The highest BCUT2D eigenvalue weighted by atomic mass is 16.2. The van der Waals surface area contributed by atoms with E-state index >= 15 is 0 Å². The minimum Gasteiger partial charge on any atom is -0.354 e. The lowest BCUT2D eigenvalue weighted by Crippen LogP contribution is -2.40. The van der Waals surface area contributed by atoms with Gasteiger partial charge in [0.15, 0.2) is 0 Å². The number of rotatable bonds is 5. The lowest BCUT2D eigenvalue weighted by atomic mass is 9.93. The minimum atomic E-state index is 0.0721. The maximum Gasteiger partial charge on any atom is 0.270 e. The first-order chi connectivity index (χ1) is 12.9. The van der Waals surface area contributed by atoms with Crippen molar-refractivity contribution in [2.24, 2.45) is 5.92 Å². The molecule has 2 aromatic rings. The van der Waals surface area contributed by atoms with Crippen molar-refractivity contribution in [3.05, 3.63) is 58.4 Å². The Balaban J connectivity index is 1.43. The van der Waals surface area contributed by atoms with Crippen LogP contribution in [0.3, 0.4) is 0 Å². The van der Waals surface area contributed by atoms with Crippen LogP contribution in [0.15, 0.2) is 30.3 Å². The van der Waals surface area contributed by atoms with Crippen LogP contribution in [0, 0.1) is 26.7 Å². The highest BCUT2D eigenvalue weighted by Gasteiger charge is 2.26. The molecule has 1 aliphatic rings. The van der Waals surface area contributed by atoms with E-state index in [4.69, 9.17) is 0 Å². The van der Waals surface area contributed by atoms with Crippen LogP contribution in [0.25, 0.3) is 0 Å². The van der Waals surface area contributed by atoms with Crippen molar-refractivity contribution in [2.45, 2.75) is 46.6 Å². The molecule has 1 fully saturated rings. The van der Waals surface area contributed by atoms with E-state index in [1.165, 1.54) is 5.56 Å². The van der Waals surface area contributed by atoms with Gasteiger partial charge in [-0.3, -0.25) is 9.59 Å². The van der Waals surface area contributed by atoms with Crippen LogP contribution in [0.5, 0.6) is 0 Å². The number of aryl methyl sites for hydroxylation is 3. The molecule has 0 saturated carbocycles. The lowest BCUT2D eigenvalue weighted by molar-refractivity contribution is -0.122. The largest absolute Gasteiger partial charge is 0.354 e. The SMILES string of the molecule is Cc1ccc(CNC(=O)CC2CCN(C(=O)c3[nH]c(C)cc3C)CC2)cc1. The van der Waals surface area contributed by atoms with Gasteiger partial charge in [0.05, 0.1) is 0 Å². The third kappa shape index (κ3) is 5.00. The number of likely N-dealkylation sites (tertiary alicyclic amines) is 1. The second-order valence-electron chi connectivity index (χ2n) is 7.71. The van der Waals surface area contributed by atoms with Gasteiger partial charge in [0.2, 0.25) is 5.91 Å². The second kappa shape index (κ2) is 8.42. The first-order valence-corrected chi connectivity index (χ1v) is 9.70. The molecule has 1 aromatic heterocycles. The van der Waals surface area contributed by atoms with Crippen LogP contribution in [0.2, 0.25) is 0 Å². The number of benzene rings is 1. The normalized spacial score (nSPS) is 15.0. The van der Waals surface area contributed by atoms with E-state index in [0.717, 1.165) is 29.7 Å². The Kier molecular flexibility index (Phi) is 5.99. The lowest BCUT2D eigenvalue weighted by Gasteiger charge is -2.31. The summed E-state index contributed by atoms with van der Waals surface area (Å²) in [6, 6.07) is 10.2. The maximum absolute atomic E-state index is 12.7. The number of hydrogen-bond acceptors (Lipinski definition) is 2. The van der Waals surface area contributed by atoms with E-state index in [2.05, 4.69) is 29.4 Å². The Hall–Kier alpha value is -2.56. The Morgan fingerprint density at radius 2 is 1.78 bits per heavy atom. The van der Waals surface area contributed by atoms with Gasteiger partial charge in [0, 0.05) is 31.7 Å². The fourth-order valence-corrected chi connectivity index (χ4v) is 3.69. The zero-order chi connectivity index (χ0) is 19.4. The molecule has 144 valence electrons. The number of carbonyl (C=O) groups is 2. The van der Waals surface area contributed by atoms with Gasteiger partial charge in [-0.15, -0.1) is 0 Å². The van der Waals surface area contributed by atoms with E-state index in [9.17, 15) is 9.59 Å². The van der Waals surface area contributed by atoms with Crippen molar-refractivity contribution in [1.82, 2.24) is 15.2 Å². The number of piperidine rings is 1. The van der Waals surface area contributed by atoms with Crippen molar-refractivity contribution in [2.75, 3.05) is 13.1 Å². The molecule has 0 atom stereocenters. The van der Waals surface area contributed by atoms with E-state index in [1.807, 2.05) is 36.9 Å². The molecule has 1 aromatic carbocycles. The molecule has 0 aliphatic carbocycles. The van der Waals surface area contributed by atoms with Gasteiger partial charge in [-0.25, -0.2) is 0 Å². The zero-order valence-corrected chi connectivity index (χ0v) is 16.5. The second-order valence-corrected chi connectivity index (χ2v) is 7.71. The van der Waals surface area contributed by atoms with Gasteiger partial charge in [-0.05, 0) is 56.7 Å². The monoisotopic (exact) mass is 367 g/mol. The van der Waals surface area contributed by atoms with Crippen LogP contribution in [0.1, 0.15) is 52.1 Å². The van der Waals surface area contributed by atoms with Gasteiger partial charge in [0.1, 0.15) is 5.69 Å². The third-order valence-corrected chi connectivity index (χ3v) is 5.35. The Bertz CT molecular complexity index is 799. The average Bonchev–Trinajstić information content (AvgIpc) is 2.99. The summed E-state index contributed by atoms with van der Waals surface area (Å²) in [6.45, 7) is 7.98. The first kappa shape index (κ1) is 19.2. The van der Waals surface area contributed by atoms with Crippen LogP contribution < -0.4 is 5.32 Å². The van der Waals surface area contributed by atoms with Crippen LogP contribution in [0.4, 0.5) is 0 Å². The standard InChI is InChI=1S/C22H29N3O2/c1-15-4-6-19(7-5-15)14-23-20(26)13-18-8-10-25(11-9-18)22(27)21-16(2)12-17(3)24-21/h4-7,12,18,24H,8-11,13-14H2,1-3H3,(H,23,26). The van der Waals surface area contributed by atoms with Crippen molar-refractivity contribution < 1.29 is 9.59 Å². The molecular weight excluding hydrogens is 338 g/mol. The van der Waals surface area contributed by atoms with Crippen LogP contribution in [-0.2, 0) is 11.3 Å². The van der Waals surface area contributed by atoms with E-state index in [-0.39, 0.29) is 11.8 Å². The van der Waals surface area contributed by atoms with Crippen molar-refractivity contribution >= 4 is 11.8 Å². The van der Waals surface area contributed by atoms with Gasteiger partial charge >= 0.3 is 0 Å². The Morgan fingerprint density at radius 3 is 2.37 bits per heavy atom. The first-order valence-electron chi connectivity index (χ1n) is 9.70. The maximum atomic E-state index is 12.7. The summed E-state index contributed by atoms with van der Waals surface area (Å²) < 4.78 is 0. The number of nitrogens with zero attached hydrogens (tertiary/aromatic N) is 1. The van der Waals surface area contributed by atoms with Gasteiger partial charge in [-0.1, -0.05) is 29.8 Å². The molecule has 27 heavy (non-hydrogen) atoms. The molecule has 0 bridgehead atoms. The van der Waals surface area contributed by atoms with E-state index < -0.39 is 0 Å². The highest BCUT2D eigenvalue weighted by Crippen LogP contribution is 2.22. The summed E-state index contributed by atoms with van der Waals surface area (Å²) in [6.07, 6.45) is 2.29. The predicted octanol–water partition coefficient (Wildman–Crippen LogP) is 3.50. The molecule has 2 N–H and O–H groups in total. The average molecular weight is 367 g/mol. The zero-order valence-electron chi connectivity index (χ0n) is 16.5. The summed E-state index contributed by atoms with van der Waals surface area (Å²) in [5, 5.41) is 3.01. The number of hydrogen-bond donors (Lipinski definition) is 2. The predicted molar refractivity (Wildman–Crippen MR) is 107 cm³/mol. The summed E-state index contributed by atoms with van der Waals surface area (Å²) in [5.41, 5.74) is 5.04. The van der Waals surface area contributed by atoms with Crippen molar-refractivity contribution in [1.29, 1.82) is 0 Å². The summed E-state index contributed by atoms with van der Waals surface area (Å²) in [7, 11) is 0. The topological polar surface area (TPSA) is 65.2 Å². The molecule has 3 rings (SSSR count). The van der Waals surface area contributed by atoms with Crippen LogP contribution >= 0.6 is 0 Å². The third-order valence-electron chi connectivity index (χ3n) is 5.35. The van der Waals surface area contributed by atoms with Gasteiger partial charge in [-0.2, -0.15) is 0 Å². The van der Waals surface area contributed by atoms with E-state index in [1.54, 1.807) is 0 Å². The Morgan fingerprint density at radius 1 is 1.11 bits per heavy atom. The summed E-state index contributed by atoms with van der Waals surface area (Å²) in [4.78, 5) is 30.0.